The van der Waals surface area contributed by atoms with E-state index in [2.05, 4.69) is 25.6 Å². The van der Waals surface area contributed by atoms with Crippen LogP contribution in [0.2, 0.25) is 0 Å². The zero-order chi connectivity index (χ0) is 37.2. The van der Waals surface area contributed by atoms with Crippen molar-refractivity contribution < 1.29 is 37.1 Å². The van der Waals surface area contributed by atoms with Gasteiger partial charge in [-0.1, -0.05) is 67.5 Å². The van der Waals surface area contributed by atoms with Crippen LogP contribution in [0.15, 0.2) is 67.0 Å². The summed E-state index contributed by atoms with van der Waals surface area (Å²) in [6.07, 6.45) is 10.0. The molecule has 5 amide bonds. The van der Waals surface area contributed by atoms with Gasteiger partial charge in [-0.3, -0.25) is 29.0 Å². The molecule has 7 rings (SSSR count). The number of piperazine rings is 1. The Hall–Kier alpha value is -5.25. The lowest BCUT2D eigenvalue weighted by atomic mass is 10.0. The van der Waals surface area contributed by atoms with Crippen molar-refractivity contribution in [1.82, 2.24) is 35.4 Å². The molecule has 3 aromatic rings. The minimum absolute atomic E-state index is 0.0227. The summed E-state index contributed by atoms with van der Waals surface area (Å²) in [5, 5.41) is 13.3. The first-order chi connectivity index (χ1) is 25.6. The Kier molecular flexibility index (Phi) is 10.2. The summed E-state index contributed by atoms with van der Waals surface area (Å²) in [5.41, 5.74) is -0.521. The number of fused-ring (bicyclic) bond motifs is 3. The molecule has 1 aromatic heterocycles. The first-order valence-corrected chi connectivity index (χ1v) is 19.6. The van der Waals surface area contributed by atoms with Crippen LogP contribution >= 0.6 is 0 Å². The Morgan fingerprint density at radius 1 is 1.00 bits per heavy atom. The smallest absolute Gasteiger partial charge is 0.410 e. The lowest BCUT2D eigenvalue weighted by molar-refractivity contribution is -0.146. The number of H-pyrrole nitrogens is 1. The van der Waals surface area contributed by atoms with E-state index in [4.69, 9.17) is 4.74 Å². The number of aromatic amines is 1. The highest BCUT2D eigenvalue weighted by atomic mass is 32.2. The maximum Gasteiger partial charge on any atom is 0.410 e. The van der Waals surface area contributed by atoms with Crippen LogP contribution in [0, 0.1) is 5.92 Å². The second kappa shape index (κ2) is 15.0. The third-order valence-corrected chi connectivity index (χ3v) is 12.3. The van der Waals surface area contributed by atoms with Gasteiger partial charge >= 0.3 is 6.09 Å². The number of amides is 5. The van der Waals surface area contributed by atoms with Gasteiger partial charge in [0.05, 0.1) is 23.6 Å². The van der Waals surface area contributed by atoms with Crippen LogP contribution in [0.1, 0.15) is 67.3 Å². The highest BCUT2D eigenvalue weighted by molar-refractivity contribution is 7.91. The minimum atomic E-state index is -3.92. The van der Waals surface area contributed by atoms with E-state index >= 15 is 0 Å². The largest absolute Gasteiger partial charge is 0.445 e. The van der Waals surface area contributed by atoms with Gasteiger partial charge < -0.3 is 25.2 Å². The quantitative estimate of drug-likeness (QED) is 0.263. The van der Waals surface area contributed by atoms with Gasteiger partial charge in [-0.05, 0) is 54.9 Å². The molecule has 4 aliphatic rings. The van der Waals surface area contributed by atoms with E-state index in [1.807, 2.05) is 54.6 Å². The SMILES string of the molecule is O=C(N[C@H]1CCCCC/C=C/C2C[C@]2(C(=O)NS(=O)(=O)C2CC2)NC(=O)[C@@H]2CN(C(=O)OCc3cccc4ccccc34)CCN2C1=O)c1cn[nH]c1. The molecule has 3 heterocycles. The fourth-order valence-corrected chi connectivity index (χ4v) is 8.54. The predicted octanol–water partition coefficient (Wildman–Crippen LogP) is 2.51. The van der Waals surface area contributed by atoms with Crippen LogP contribution in [-0.2, 0) is 35.8 Å². The molecular weight excluding hydrogens is 703 g/mol. The van der Waals surface area contributed by atoms with Crippen LogP contribution in [0.3, 0.4) is 0 Å². The summed E-state index contributed by atoms with van der Waals surface area (Å²) in [7, 11) is -3.92. The third-order valence-electron chi connectivity index (χ3n) is 10.5. The average Bonchev–Trinajstić information content (AvgIpc) is 4.07. The van der Waals surface area contributed by atoms with Crippen molar-refractivity contribution in [3.05, 3.63) is 78.1 Å². The first-order valence-electron chi connectivity index (χ1n) is 18.1. The molecule has 280 valence electrons. The first kappa shape index (κ1) is 36.1. The van der Waals surface area contributed by atoms with Gasteiger partial charge in [0.2, 0.25) is 21.8 Å². The number of benzene rings is 2. The van der Waals surface area contributed by atoms with Crippen molar-refractivity contribution in [1.29, 1.82) is 0 Å². The summed E-state index contributed by atoms with van der Waals surface area (Å²) >= 11 is 0. The Labute approximate surface area is 306 Å². The molecule has 2 aliphatic carbocycles. The molecule has 53 heavy (non-hydrogen) atoms. The van der Waals surface area contributed by atoms with Crippen molar-refractivity contribution in [2.45, 2.75) is 80.8 Å². The van der Waals surface area contributed by atoms with Crippen molar-refractivity contribution in [3.63, 3.8) is 0 Å². The van der Waals surface area contributed by atoms with E-state index in [1.165, 1.54) is 22.2 Å². The van der Waals surface area contributed by atoms with Crippen molar-refractivity contribution in [2.24, 2.45) is 5.92 Å². The van der Waals surface area contributed by atoms with Crippen molar-refractivity contribution >= 4 is 50.5 Å². The molecule has 16 heteroatoms. The molecule has 3 fully saturated rings. The van der Waals surface area contributed by atoms with Crippen LogP contribution in [0.4, 0.5) is 4.79 Å². The number of nitrogens with zero attached hydrogens (tertiary/aromatic N) is 3. The molecular formula is C37H43N7O8S. The molecule has 2 saturated carbocycles. The van der Waals surface area contributed by atoms with Gasteiger partial charge in [0, 0.05) is 25.2 Å². The Bertz CT molecular complexity index is 2030. The maximum atomic E-state index is 14.4. The lowest BCUT2D eigenvalue weighted by Gasteiger charge is -2.41. The third kappa shape index (κ3) is 7.92. The summed E-state index contributed by atoms with van der Waals surface area (Å²) in [6, 6.07) is 11.2. The van der Waals surface area contributed by atoms with Crippen molar-refractivity contribution in [2.75, 3.05) is 19.6 Å². The van der Waals surface area contributed by atoms with Crippen LogP contribution in [-0.4, -0.2) is 101 Å². The predicted molar refractivity (Wildman–Crippen MR) is 192 cm³/mol. The van der Waals surface area contributed by atoms with E-state index in [-0.39, 0.29) is 38.2 Å². The molecule has 0 spiro atoms. The number of carbonyl (C=O) groups is 5. The fourth-order valence-electron chi connectivity index (χ4n) is 7.18. The number of sulfonamides is 1. The number of carbonyl (C=O) groups excluding carboxylic acids is 5. The summed E-state index contributed by atoms with van der Waals surface area (Å²) in [5.74, 6) is -3.05. The highest BCUT2D eigenvalue weighted by Gasteiger charge is 2.62. The Balaban J connectivity index is 1.15. The number of allylic oxidation sites excluding steroid dienone is 1. The summed E-state index contributed by atoms with van der Waals surface area (Å²) in [6.45, 7) is -0.294. The topological polar surface area (TPSA) is 200 Å². The van der Waals surface area contributed by atoms with Crippen LogP contribution in [0.5, 0.6) is 0 Å². The second-order valence-electron chi connectivity index (χ2n) is 14.2. The molecule has 15 nitrogen and oxygen atoms in total. The number of hydrogen-bond acceptors (Lipinski definition) is 9. The van der Waals surface area contributed by atoms with Gasteiger partial charge in [0.15, 0.2) is 0 Å². The zero-order valence-corrected chi connectivity index (χ0v) is 30.0. The van der Waals surface area contributed by atoms with Crippen LogP contribution in [0.25, 0.3) is 10.8 Å². The zero-order valence-electron chi connectivity index (χ0n) is 29.2. The highest BCUT2D eigenvalue weighted by Crippen LogP contribution is 2.46. The molecule has 4 atom stereocenters. The van der Waals surface area contributed by atoms with Gasteiger partial charge in [0.25, 0.3) is 11.8 Å². The minimum Gasteiger partial charge on any atom is -0.445 e. The van der Waals surface area contributed by atoms with Gasteiger partial charge in [-0.25, -0.2) is 13.2 Å². The molecule has 4 N–H and O–H groups in total. The van der Waals surface area contributed by atoms with E-state index in [0.717, 1.165) is 29.2 Å². The molecule has 2 aromatic carbocycles. The Morgan fingerprint density at radius 2 is 1.81 bits per heavy atom. The van der Waals surface area contributed by atoms with E-state index < -0.39 is 68.5 Å². The molecule has 1 saturated heterocycles. The number of ether oxygens (including phenoxy) is 1. The summed E-state index contributed by atoms with van der Waals surface area (Å²) < 4.78 is 33.5. The van der Waals surface area contributed by atoms with E-state index in [0.29, 0.717) is 32.1 Å². The number of nitrogens with one attached hydrogen (secondary N) is 4. The van der Waals surface area contributed by atoms with Crippen LogP contribution < -0.4 is 15.4 Å². The van der Waals surface area contributed by atoms with Gasteiger partial charge in [-0.15, -0.1) is 0 Å². The molecule has 0 radical (unpaired) electrons. The van der Waals surface area contributed by atoms with E-state index in [1.54, 1.807) is 0 Å². The van der Waals surface area contributed by atoms with Crippen molar-refractivity contribution in [3.8, 4) is 0 Å². The monoisotopic (exact) mass is 745 g/mol. The Morgan fingerprint density at radius 3 is 2.60 bits per heavy atom. The average molecular weight is 746 g/mol. The second-order valence-corrected chi connectivity index (χ2v) is 16.2. The van der Waals surface area contributed by atoms with Gasteiger partial charge in [0.1, 0.15) is 24.2 Å². The standard InChI is InChI=1S/C37H43N7O8S/c45-32(26-20-38-39-21-26)40-30-14-5-3-1-2-4-12-27-19-37(27,35(48)42-53(50,51)28-15-16-28)41-33(46)31-22-43(17-18-44(31)34(30)47)36(49)52-23-25-11-8-10-24-9-6-7-13-29(24)25/h4,6-13,20-21,27-28,30-31H,1-3,5,14-19,22-23H2,(H,38,39)(H,40,45)(H,41,46)(H,42,48)/b12-4+/t27?,30-,31-,37-/m0/s1. The lowest BCUT2D eigenvalue weighted by Crippen LogP contribution is -2.66. The fraction of sp³-hybridized carbons (Fsp3) is 0.459. The molecule has 1 unspecified atom stereocenters. The molecule has 0 bridgehead atoms. The number of rotatable bonds is 7. The summed E-state index contributed by atoms with van der Waals surface area (Å²) in [4.78, 5) is 71.8. The number of hydrogen-bond donors (Lipinski definition) is 4. The molecule has 2 aliphatic heterocycles. The van der Waals surface area contributed by atoms with E-state index in [9.17, 15) is 32.4 Å². The number of aromatic nitrogens is 2. The maximum absolute atomic E-state index is 14.4. The van der Waals surface area contributed by atoms with Gasteiger partial charge in [-0.2, -0.15) is 5.10 Å². The normalized spacial score (nSPS) is 25.8.